The first kappa shape index (κ1) is 11.1. The van der Waals surface area contributed by atoms with E-state index in [1.165, 1.54) is 0 Å². The molecule has 0 saturated carbocycles. The van der Waals surface area contributed by atoms with Gasteiger partial charge in [-0.1, -0.05) is 26.3 Å². The van der Waals surface area contributed by atoms with Gasteiger partial charge < -0.3 is 0 Å². The summed E-state index contributed by atoms with van der Waals surface area (Å²) in [5, 5.41) is 0. The zero-order valence-electron chi connectivity index (χ0n) is 8.13. The Balaban J connectivity index is 4.34. The molecule has 2 heteroatoms. The first-order chi connectivity index (χ1) is 5.78. The van der Waals surface area contributed by atoms with E-state index in [0.717, 1.165) is 31.2 Å². The maximum absolute atomic E-state index is 10.5. The highest BCUT2D eigenvalue weighted by molar-refractivity contribution is 6.28. The molecular formula is C10H17NO. The highest BCUT2D eigenvalue weighted by Crippen LogP contribution is 2.03. The molecule has 0 amide bonds. The Morgan fingerprint density at radius 3 is 2.42 bits per heavy atom. The summed E-state index contributed by atoms with van der Waals surface area (Å²) in [7, 11) is 0. The topological polar surface area (TPSA) is 29.4 Å². The lowest BCUT2D eigenvalue weighted by Gasteiger charge is -1.98. The number of carbonyl (C=O) groups is 1. The molecule has 0 aromatic heterocycles. The molecule has 0 fully saturated rings. The largest absolute Gasteiger partial charge is 0.297 e. The van der Waals surface area contributed by atoms with Gasteiger partial charge in [0.25, 0.3) is 0 Å². The van der Waals surface area contributed by atoms with Crippen molar-refractivity contribution in [1.29, 1.82) is 0 Å². The van der Waals surface area contributed by atoms with Crippen LogP contribution in [0.5, 0.6) is 0 Å². The van der Waals surface area contributed by atoms with E-state index in [9.17, 15) is 4.79 Å². The quantitative estimate of drug-likeness (QED) is 0.457. The van der Waals surface area contributed by atoms with Crippen LogP contribution < -0.4 is 0 Å². The zero-order chi connectivity index (χ0) is 9.40. The van der Waals surface area contributed by atoms with Gasteiger partial charge in [-0.3, -0.25) is 9.79 Å². The number of nitrogens with zero attached hydrogens (tertiary/aromatic N) is 1. The van der Waals surface area contributed by atoms with Crippen molar-refractivity contribution in [2.45, 2.75) is 40.0 Å². The van der Waals surface area contributed by atoms with Crippen LogP contribution in [-0.4, -0.2) is 12.0 Å². The van der Waals surface area contributed by atoms with Crippen LogP contribution in [0.4, 0.5) is 0 Å². The summed E-state index contributed by atoms with van der Waals surface area (Å²) in [5.74, 6) is 0. The van der Waals surface area contributed by atoms with Crippen molar-refractivity contribution in [3.8, 4) is 0 Å². The molecule has 12 heavy (non-hydrogen) atoms. The van der Waals surface area contributed by atoms with Gasteiger partial charge in [0.05, 0.1) is 5.71 Å². The van der Waals surface area contributed by atoms with Crippen molar-refractivity contribution in [3.05, 3.63) is 11.8 Å². The van der Waals surface area contributed by atoms with Gasteiger partial charge in [-0.05, 0) is 19.8 Å². The Bertz CT molecular complexity index is 192. The van der Waals surface area contributed by atoms with Crippen molar-refractivity contribution >= 4 is 12.0 Å². The number of aldehydes is 1. The average Bonchev–Trinajstić information content (AvgIpc) is 2.12. The molecule has 0 aromatic rings. The molecule has 68 valence electrons. The minimum absolute atomic E-state index is 0.660. The van der Waals surface area contributed by atoms with Crippen LogP contribution in [0.3, 0.4) is 0 Å². The summed E-state index contributed by atoms with van der Waals surface area (Å²) in [5.41, 5.74) is 1.65. The predicted octanol–water partition coefficient (Wildman–Crippen LogP) is 2.74. The second-order valence-electron chi connectivity index (χ2n) is 2.60. The summed E-state index contributed by atoms with van der Waals surface area (Å²) in [6.07, 6.45) is 5.43. The van der Waals surface area contributed by atoms with Crippen LogP contribution in [-0.2, 0) is 4.79 Å². The summed E-state index contributed by atoms with van der Waals surface area (Å²) < 4.78 is 0. The monoisotopic (exact) mass is 167 g/mol. The SMILES string of the molecule is C/C=C(/CC)N=C(C=O)CCC. The van der Waals surface area contributed by atoms with E-state index in [1.807, 2.05) is 26.8 Å². The predicted molar refractivity (Wildman–Crippen MR) is 52.5 cm³/mol. The van der Waals surface area contributed by atoms with E-state index in [1.54, 1.807) is 0 Å². The molecule has 0 heterocycles. The highest BCUT2D eigenvalue weighted by Gasteiger charge is 1.96. The third kappa shape index (κ3) is 4.06. The van der Waals surface area contributed by atoms with Crippen LogP contribution in [0.15, 0.2) is 16.8 Å². The number of carbonyl (C=O) groups excluding carboxylic acids is 1. The molecule has 0 bridgehead atoms. The van der Waals surface area contributed by atoms with Crippen LogP contribution in [0.1, 0.15) is 40.0 Å². The summed E-state index contributed by atoms with van der Waals surface area (Å²) in [4.78, 5) is 14.7. The van der Waals surface area contributed by atoms with Crippen LogP contribution in [0.2, 0.25) is 0 Å². The molecule has 0 aliphatic heterocycles. The van der Waals surface area contributed by atoms with E-state index >= 15 is 0 Å². The Morgan fingerprint density at radius 1 is 1.42 bits per heavy atom. The normalized spacial score (nSPS) is 13.2. The molecule has 0 N–H and O–H groups in total. The standard InChI is InChI=1S/C10H17NO/c1-4-7-10(8-12)11-9(5-2)6-3/h5,8H,4,6-7H2,1-3H3/b9-5-,11-10?. The molecule has 0 aliphatic carbocycles. The van der Waals surface area contributed by atoms with Crippen molar-refractivity contribution in [3.63, 3.8) is 0 Å². The Hall–Kier alpha value is -0.920. The minimum Gasteiger partial charge on any atom is -0.297 e. The van der Waals surface area contributed by atoms with Gasteiger partial charge >= 0.3 is 0 Å². The van der Waals surface area contributed by atoms with E-state index in [-0.39, 0.29) is 0 Å². The molecule has 0 radical (unpaired) electrons. The van der Waals surface area contributed by atoms with Gasteiger partial charge in [0, 0.05) is 5.70 Å². The van der Waals surface area contributed by atoms with Gasteiger partial charge in [-0.15, -0.1) is 0 Å². The van der Waals surface area contributed by atoms with Crippen molar-refractivity contribution in [2.24, 2.45) is 4.99 Å². The number of hydrogen-bond donors (Lipinski definition) is 0. The lowest BCUT2D eigenvalue weighted by atomic mass is 10.2. The molecule has 0 aliphatic rings. The molecule has 0 saturated heterocycles. The Kier molecular flexibility index (Phi) is 6.25. The lowest BCUT2D eigenvalue weighted by Crippen LogP contribution is -1.99. The third-order valence-corrected chi connectivity index (χ3v) is 1.62. The van der Waals surface area contributed by atoms with E-state index in [4.69, 9.17) is 0 Å². The number of rotatable bonds is 5. The maximum atomic E-state index is 10.5. The van der Waals surface area contributed by atoms with E-state index in [2.05, 4.69) is 4.99 Å². The van der Waals surface area contributed by atoms with Crippen LogP contribution in [0.25, 0.3) is 0 Å². The summed E-state index contributed by atoms with van der Waals surface area (Å²) in [6, 6.07) is 0. The van der Waals surface area contributed by atoms with E-state index in [0.29, 0.717) is 5.71 Å². The van der Waals surface area contributed by atoms with Gasteiger partial charge in [0.2, 0.25) is 0 Å². The lowest BCUT2D eigenvalue weighted by molar-refractivity contribution is -0.102. The molecule has 0 atom stereocenters. The van der Waals surface area contributed by atoms with Crippen LogP contribution in [0, 0.1) is 0 Å². The van der Waals surface area contributed by atoms with Gasteiger partial charge in [-0.25, -0.2) is 0 Å². The fourth-order valence-electron chi connectivity index (χ4n) is 0.930. The van der Waals surface area contributed by atoms with Crippen molar-refractivity contribution < 1.29 is 4.79 Å². The molecule has 0 unspecified atom stereocenters. The summed E-state index contributed by atoms with van der Waals surface area (Å²) in [6.45, 7) is 6.02. The molecule has 0 rings (SSSR count). The van der Waals surface area contributed by atoms with Gasteiger partial charge in [-0.2, -0.15) is 0 Å². The second-order valence-corrected chi connectivity index (χ2v) is 2.60. The fourth-order valence-corrected chi connectivity index (χ4v) is 0.930. The van der Waals surface area contributed by atoms with E-state index < -0.39 is 0 Å². The van der Waals surface area contributed by atoms with Gasteiger partial charge in [0.15, 0.2) is 6.29 Å². The first-order valence-corrected chi connectivity index (χ1v) is 4.46. The smallest absolute Gasteiger partial charge is 0.164 e. The fraction of sp³-hybridized carbons (Fsp3) is 0.600. The van der Waals surface area contributed by atoms with Crippen molar-refractivity contribution in [2.75, 3.05) is 0 Å². The van der Waals surface area contributed by atoms with Crippen LogP contribution >= 0.6 is 0 Å². The minimum atomic E-state index is 0.660. The number of allylic oxidation sites excluding steroid dienone is 2. The molecule has 2 nitrogen and oxygen atoms in total. The zero-order valence-corrected chi connectivity index (χ0v) is 8.13. The first-order valence-electron chi connectivity index (χ1n) is 4.46. The third-order valence-electron chi connectivity index (χ3n) is 1.62. The molecular weight excluding hydrogens is 150 g/mol. The summed E-state index contributed by atoms with van der Waals surface area (Å²) >= 11 is 0. The Labute approximate surface area is 74.4 Å². The van der Waals surface area contributed by atoms with Crippen molar-refractivity contribution in [1.82, 2.24) is 0 Å². The number of aliphatic imine (C=N–C) groups is 1. The second kappa shape index (κ2) is 6.77. The number of hydrogen-bond acceptors (Lipinski definition) is 2. The Morgan fingerprint density at radius 2 is 2.08 bits per heavy atom. The maximum Gasteiger partial charge on any atom is 0.164 e. The molecule has 0 aromatic carbocycles. The molecule has 0 spiro atoms. The highest BCUT2D eigenvalue weighted by atomic mass is 16.1. The van der Waals surface area contributed by atoms with Gasteiger partial charge in [0.1, 0.15) is 0 Å². The average molecular weight is 167 g/mol.